The van der Waals surface area contributed by atoms with Crippen molar-refractivity contribution in [2.24, 2.45) is 0 Å². The smallest absolute Gasteiger partial charge is 0.330 e. The lowest BCUT2D eigenvalue weighted by atomic mass is 10.1. The lowest BCUT2D eigenvalue weighted by molar-refractivity contribution is -0.132. The Bertz CT molecular complexity index is 568. The van der Waals surface area contributed by atoms with Gasteiger partial charge in [-0.2, -0.15) is 0 Å². The Morgan fingerprint density at radius 3 is 2.32 bits per heavy atom. The van der Waals surface area contributed by atoms with Gasteiger partial charge in [0.15, 0.2) is 0 Å². The van der Waals surface area contributed by atoms with Crippen LogP contribution in [0.5, 0.6) is 0 Å². The van der Waals surface area contributed by atoms with Crippen LogP contribution in [0.2, 0.25) is 0 Å². The molecule has 0 aliphatic heterocycles. The van der Waals surface area contributed by atoms with Crippen LogP contribution in [0.25, 0.3) is 11.1 Å². The number of carbonyl (C=O) groups is 1. The molecule has 0 spiro atoms. The number of carboxylic acids is 1. The molecular formula is C17H20O2. The summed E-state index contributed by atoms with van der Waals surface area (Å²) in [6.45, 7) is 7.60. The quantitative estimate of drug-likeness (QED) is 0.765. The van der Waals surface area contributed by atoms with E-state index in [1.807, 2.05) is 0 Å². The Balaban J connectivity index is 0.000000224. The van der Waals surface area contributed by atoms with E-state index in [2.05, 4.69) is 50.2 Å². The predicted molar refractivity (Wildman–Crippen MR) is 79.6 cm³/mol. The first-order valence-electron chi connectivity index (χ1n) is 6.28. The fourth-order valence-corrected chi connectivity index (χ4v) is 1.71. The van der Waals surface area contributed by atoms with Gasteiger partial charge >= 0.3 is 5.97 Å². The summed E-state index contributed by atoms with van der Waals surface area (Å²) in [5.74, 6) is -0.845. The molecule has 0 aromatic rings. The van der Waals surface area contributed by atoms with E-state index < -0.39 is 5.97 Å². The van der Waals surface area contributed by atoms with E-state index in [4.69, 9.17) is 5.11 Å². The number of allylic oxidation sites excluding steroid dienone is 1. The van der Waals surface area contributed by atoms with Gasteiger partial charge in [-0.25, -0.2) is 4.79 Å². The Morgan fingerprint density at radius 1 is 1.16 bits per heavy atom. The third kappa shape index (κ3) is 3.95. The zero-order valence-corrected chi connectivity index (χ0v) is 11.9. The maximum absolute atomic E-state index is 9.86. The van der Waals surface area contributed by atoms with Crippen molar-refractivity contribution in [2.75, 3.05) is 0 Å². The summed E-state index contributed by atoms with van der Waals surface area (Å²) in [4.78, 5) is 9.86. The molecule has 0 aromatic carbocycles. The molecule has 0 saturated heterocycles. The highest BCUT2D eigenvalue weighted by molar-refractivity contribution is 5.85. The summed E-state index contributed by atoms with van der Waals surface area (Å²) in [6.07, 6.45) is 1.56. The van der Waals surface area contributed by atoms with Crippen molar-refractivity contribution in [1.29, 1.82) is 0 Å². The molecule has 0 unspecified atom stereocenters. The summed E-state index contributed by atoms with van der Waals surface area (Å²) in [5, 5.41) is 8.11. The third-order valence-corrected chi connectivity index (χ3v) is 3.21. The number of rotatable bonds is 1. The average Bonchev–Trinajstić information content (AvgIpc) is 2.59. The van der Waals surface area contributed by atoms with Gasteiger partial charge in [0, 0.05) is 5.57 Å². The molecule has 0 atom stereocenters. The fraction of sp³-hybridized carbons (Fsp3) is 0.235. The minimum atomic E-state index is -0.845. The second-order valence-corrected chi connectivity index (χ2v) is 4.51. The maximum Gasteiger partial charge on any atom is 0.330 e. The first kappa shape index (κ1) is 15.0. The van der Waals surface area contributed by atoms with Crippen molar-refractivity contribution >= 4 is 5.97 Å². The van der Waals surface area contributed by atoms with Crippen LogP contribution in [0.4, 0.5) is 0 Å². The van der Waals surface area contributed by atoms with Crippen LogP contribution >= 0.6 is 0 Å². The molecule has 0 saturated carbocycles. The first-order chi connectivity index (χ1) is 8.97. The largest absolute Gasteiger partial charge is 0.478 e. The third-order valence-electron chi connectivity index (χ3n) is 3.21. The SMILES string of the molecule is CC=C(C)C(=O)O.Cc1cc2cccccc-2c1C. The summed E-state index contributed by atoms with van der Waals surface area (Å²) in [5.41, 5.74) is 5.89. The van der Waals surface area contributed by atoms with Crippen molar-refractivity contribution < 1.29 is 9.90 Å². The Morgan fingerprint density at radius 2 is 1.79 bits per heavy atom. The monoisotopic (exact) mass is 256 g/mol. The lowest BCUT2D eigenvalue weighted by Gasteiger charge is -1.92. The minimum absolute atomic E-state index is 0.389. The molecule has 2 heteroatoms. The average molecular weight is 256 g/mol. The molecule has 0 fully saturated rings. The van der Waals surface area contributed by atoms with Crippen molar-refractivity contribution in [1.82, 2.24) is 0 Å². The number of aryl methyl sites for hydroxylation is 1. The predicted octanol–water partition coefficient (Wildman–Crippen LogP) is 4.45. The number of carboxylic acid groups (broad SMARTS) is 1. The molecule has 2 rings (SSSR count). The molecule has 2 nitrogen and oxygen atoms in total. The Kier molecular flexibility index (Phi) is 5.31. The first-order valence-corrected chi connectivity index (χ1v) is 6.28. The molecule has 2 aliphatic carbocycles. The second-order valence-electron chi connectivity index (χ2n) is 4.51. The van der Waals surface area contributed by atoms with E-state index in [-0.39, 0.29) is 0 Å². The van der Waals surface area contributed by atoms with Crippen molar-refractivity contribution in [3.63, 3.8) is 0 Å². The standard InChI is InChI=1S/C12H12.C5H8O2/c1-9-8-11-6-4-3-5-7-12(11)10(9)2;1-3-4(2)5(6)7/h3-8H,1-2H3;3H,1-2H3,(H,6,7). The maximum atomic E-state index is 9.86. The van der Waals surface area contributed by atoms with Crippen LogP contribution in [0.15, 0.2) is 48.0 Å². The highest BCUT2D eigenvalue weighted by Gasteiger charge is 2.06. The number of hydrogen-bond donors (Lipinski definition) is 1. The number of hydrogen-bond acceptors (Lipinski definition) is 1. The van der Waals surface area contributed by atoms with Crippen molar-refractivity contribution in [3.8, 4) is 11.1 Å². The Labute approximate surface area is 114 Å². The number of fused-ring (bicyclic) bond motifs is 1. The van der Waals surface area contributed by atoms with Gasteiger partial charge in [0.25, 0.3) is 0 Å². The van der Waals surface area contributed by atoms with Gasteiger partial charge in [0.05, 0.1) is 0 Å². The van der Waals surface area contributed by atoms with Crippen LogP contribution < -0.4 is 0 Å². The van der Waals surface area contributed by atoms with E-state index in [1.54, 1.807) is 19.9 Å². The zero-order valence-electron chi connectivity index (χ0n) is 11.9. The second kappa shape index (κ2) is 6.74. The van der Waals surface area contributed by atoms with Gasteiger partial charge in [0.2, 0.25) is 0 Å². The van der Waals surface area contributed by atoms with E-state index in [0.717, 1.165) is 0 Å². The zero-order chi connectivity index (χ0) is 14.4. The molecule has 0 radical (unpaired) electrons. The van der Waals surface area contributed by atoms with E-state index in [0.29, 0.717) is 5.57 Å². The van der Waals surface area contributed by atoms with Crippen molar-refractivity contribution in [2.45, 2.75) is 27.7 Å². The minimum Gasteiger partial charge on any atom is -0.478 e. The van der Waals surface area contributed by atoms with E-state index in [1.165, 1.54) is 22.3 Å². The summed E-state index contributed by atoms with van der Waals surface area (Å²) in [6, 6.07) is 12.8. The molecule has 100 valence electrons. The summed E-state index contributed by atoms with van der Waals surface area (Å²) < 4.78 is 0. The molecule has 2 aliphatic rings. The fourth-order valence-electron chi connectivity index (χ4n) is 1.71. The van der Waals surface area contributed by atoms with Crippen LogP contribution in [-0.2, 0) is 4.79 Å². The van der Waals surface area contributed by atoms with Crippen LogP contribution in [0, 0.1) is 13.8 Å². The Hall–Kier alpha value is -2.09. The van der Waals surface area contributed by atoms with Crippen LogP contribution in [0.3, 0.4) is 0 Å². The molecule has 0 heterocycles. The van der Waals surface area contributed by atoms with Gasteiger partial charge in [-0.1, -0.05) is 42.5 Å². The van der Waals surface area contributed by atoms with Gasteiger partial charge < -0.3 is 5.11 Å². The highest BCUT2D eigenvalue weighted by atomic mass is 16.4. The van der Waals surface area contributed by atoms with Crippen LogP contribution in [0.1, 0.15) is 25.0 Å². The van der Waals surface area contributed by atoms with E-state index >= 15 is 0 Å². The summed E-state index contributed by atoms with van der Waals surface area (Å²) in [7, 11) is 0. The molecule has 0 amide bonds. The number of aliphatic carboxylic acids is 1. The van der Waals surface area contributed by atoms with Gasteiger partial charge in [-0.05, 0) is 49.9 Å². The lowest BCUT2D eigenvalue weighted by Crippen LogP contribution is -1.93. The summed E-state index contributed by atoms with van der Waals surface area (Å²) >= 11 is 0. The highest BCUT2D eigenvalue weighted by Crippen LogP contribution is 2.29. The molecule has 0 aromatic heterocycles. The van der Waals surface area contributed by atoms with Gasteiger partial charge in [-0.3, -0.25) is 0 Å². The molecule has 1 N–H and O–H groups in total. The normalized spacial score (nSPS) is 10.8. The molecular weight excluding hydrogens is 236 g/mol. The molecule has 19 heavy (non-hydrogen) atoms. The van der Waals surface area contributed by atoms with Crippen molar-refractivity contribution in [3.05, 3.63) is 59.2 Å². The van der Waals surface area contributed by atoms with Gasteiger partial charge in [0.1, 0.15) is 0 Å². The van der Waals surface area contributed by atoms with E-state index in [9.17, 15) is 4.79 Å². The van der Waals surface area contributed by atoms with Crippen LogP contribution in [-0.4, -0.2) is 11.1 Å². The molecule has 0 bridgehead atoms. The van der Waals surface area contributed by atoms with Gasteiger partial charge in [-0.15, -0.1) is 0 Å². The topological polar surface area (TPSA) is 37.3 Å².